The Morgan fingerprint density at radius 3 is 2.36 bits per heavy atom. The van der Waals surface area contributed by atoms with Crippen LogP contribution in [0.4, 0.5) is 0 Å². The van der Waals surface area contributed by atoms with E-state index in [0.717, 1.165) is 44.3 Å². The van der Waals surface area contributed by atoms with Gasteiger partial charge in [0.1, 0.15) is 11.5 Å². The van der Waals surface area contributed by atoms with E-state index in [1.54, 1.807) is 0 Å². The van der Waals surface area contributed by atoms with Gasteiger partial charge in [-0.1, -0.05) is 77.1 Å². The van der Waals surface area contributed by atoms with Crippen LogP contribution in [0.2, 0.25) is 0 Å². The molecule has 3 heteroatoms. The van der Waals surface area contributed by atoms with E-state index in [1.165, 1.54) is 48.1 Å². The van der Waals surface area contributed by atoms with Gasteiger partial charge >= 0.3 is 5.97 Å². The summed E-state index contributed by atoms with van der Waals surface area (Å²) in [4.78, 5) is 13.0. The lowest BCUT2D eigenvalue weighted by Gasteiger charge is -2.72. The van der Waals surface area contributed by atoms with E-state index in [4.69, 9.17) is 4.42 Å². The minimum absolute atomic E-state index is 0.00210. The van der Waals surface area contributed by atoms with Crippen molar-refractivity contribution in [3.63, 3.8) is 0 Å². The van der Waals surface area contributed by atoms with Crippen molar-refractivity contribution in [2.45, 2.75) is 111 Å². The summed E-state index contributed by atoms with van der Waals surface area (Å²) in [5, 5.41) is 10.7. The van der Waals surface area contributed by atoms with Crippen LogP contribution in [0.5, 0.6) is 0 Å². The number of hydrogen-bond donors (Lipinski definition) is 1. The van der Waals surface area contributed by atoms with Crippen molar-refractivity contribution in [2.75, 3.05) is 0 Å². The number of aliphatic carboxylic acids is 1. The van der Waals surface area contributed by atoms with Crippen molar-refractivity contribution in [2.24, 2.45) is 51.2 Å². The summed E-state index contributed by atoms with van der Waals surface area (Å²) in [5.41, 5.74) is 3.97. The van der Waals surface area contributed by atoms with Gasteiger partial charge in [-0.2, -0.15) is 0 Å². The number of allylic oxidation sites excluding steroid dienone is 1. The van der Waals surface area contributed by atoms with Crippen LogP contribution in [-0.2, 0) is 23.1 Å². The van der Waals surface area contributed by atoms with Gasteiger partial charge in [-0.15, -0.1) is 0 Å². The molecule has 0 aliphatic heterocycles. The molecule has 0 unspecified atom stereocenters. The molecule has 4 saturated carbocycles. The number of fused-ring (bicyclic) bond motifs is 8. The molecular formula is C39H52O3. The topological polar surface area (TPSA) is 50.4 Å². The van der Waals surface area contributed by atoms with E-state index in [-0.39, 0.29) is 27.6 Å². The van der Waals surface area contributed by atoms with Gasteiger partial charge in [0, 0.05) is 11.8 Å². The molecule has 0 spiro atoms. The van der Waals surface area contributed by atoms with Gasteiger partial charge in [0.25, 0.3) is 0 Å². The number of hydrogen-bond acceptors (Lipinski definition) is 2. The van der Waals surface area contributed by atoms with Gasteiger partial charge < -0.3 is 9.52 Å². The summed E-state index contributed by atoms with van der Waals surface area (Å²) in [6.07, 6.45) is 10.5. The maximum absolute atomic E-state index is 13.0. The first kappa shape index (κ1) is 28.5. The predicted molar refractivity (Wildman–Crippen MR) is 168 cm³/mol. The summed E-state index contributed by atoms with van der Waals surface area (Å²) in [6, 6.07) is 13.1. The highest BCUT2D eigenvalue weighted by molar-refractivity contribution is 5.76. The second-order valence-corrected chi connectivity index (χ2v) is 16.8. The van der Waals surface area contributed by atoms with E-state index in [9.17, 15) is 9.90 Å². The molecule has 1 N–H and O–H groups in total. The van der Waals surface area contributed by atoms with Gasteiger partial charge in [-0.05, 0) is 128 Å². The van der Waals surface area contributed by atoms with Crippen LogP contribution in [0.15, 0.2) is 53.0 Å². The lowest BCUT2D eigenvalue weighted by Crippen LogP contribution is -2.66. The second kappa shape index (κ2) is 9.12. The van der Waals surface area contributed by atoms with E-state index in [0.29, 0.717) is 23.7 Å². The molecule has 0 radical (unpaired) electrons. The SMILES string of the molecule is C=C(C)[C@@H]1CC[C@]2(C(=O)O)CC[C@]3(C)[C@H](CC[C@@H]4[C@@]5(C)Cc6cc(Cc7ccccc7)oc6C(C)(C)[C@@H]5CC[C@]43C)[C@@H]12. The number of carbonyl (C=O) groups is 1. The van der Waals surface area contributed by atoms with Crippen LogP contribution in [0, 0.1) is 51.2 Å². The minimum atomic E-state index is -0.550. The molecule has 0 amide bonds. The summed E-state index contributed by atoms with van der Waals surface area (Å²) < 4.78 is 6.74. The number of rotatable bonds is 4. The zero-order valence-electron chi connectivity index (χ0n) is 26.9. The number of carboxylic acids is 1. The third-order valence-corrected chi connectivity index (χ3v) is 14.9. The van der Waals surface area contributed by atoms with Crippen molar-refractivity contribution in [1.82, 2.24) is 0 Å². The Morgan fingerprint density at radius 1 is 0.929 bits per heavy atom. The smallest absolute Gasteiger partial charge is 0.309 e. The van der Waals surface area contributed by atoms with Crippen LogP contribution in [-0.4, -0.2) is 11.1 Å². The first-order valence-corrected chi connectivity index (χ1v) is 16.8. The summed E-state index contributed by atoms with van der Waals surface area (Å²) in [7, 11) is 0. The van der Waals surface area contributed by atoms with Crippen LogP contribution in [0.25, 0.3) is 0 Å². The zero-order valence-corrected chi connectivity index (χ0v) is 26.9. The molecule has 226 valence electrons. The van der Waals surface area contributed by atoms with Crippen LogP contribution in [0.3, 0.4) is 0 Å². The number of carboxylic acid groups (broad SMARTS) is 1. The van der Waals surface area contributed by atoms with Crippen molar-refractivity contribution in [3.05, 3.63) is 71.2 Å². The highest BCUT2D eigenvalue weighted by Gasteiger charge is 2.72. The fourth-order valence-electron chi connectivity index (χ4n) is 12.9. The minimum Gasteiger partial charge on any atom is -0.481 e. The van der Waals surface area contributed by atoms with Crippen molar-refractivity contribution in [3.8, 4) is 0 Å². The average Bonchev–Trinajstić information content (AvgIpc) is 3.52. The molecule has 1 aromatic heterocycles. The first-order valence-electron chi connectivity index (χ1n) is 16.8. The number of benzene rings is 1. The highest BCUT2D eigenvalue weighted by Crippen LogP contribution is 2.77. The highest BCUT2D eigenvalue weighted by atomic mass is 16.4. The average molecular weight is 569 g/mol. The lowest BCUT2D eigenvalue weighted by molar-refractivity contribution is -0.228. The van der Waals surface area contributed by atoms with Gasteiger partial charge in [0.15, 0.2) is 0 Å². The Hall–Kier alpha value is -2.29. The molecule has 0 bridgehead atoms. The predicted octanol–water partition coefficient (Wildman–Crippen LogP) is 9.63. The third kappa shape index (κ3) is 3.55. The molecule has 0 saturated heterocycles. The fraction of sp³-hybridized carbons (Fsp3) is 0.667. The van der Waals surface area contributed by atoms with Gasteiger partial charge in [0.2, 0.25) is 0 Å². The molecule has 9 atom stereocenters. The standard InChI is InChI=1S/C39H52O3/c1-24(2)28-15-18-39(34(40)41)20-19-37(6)29(32(28)39)13-14-31-36(5)23-26-22-27(21-25-11-9-8-10-12-25)42-33(26)35(3,4)30(36)16-17-38(31,37)7/h8-12,22,28-32H,1,13-21,23H2,2-7H3,(H,40,41)/t28-,29+,30-,31+,32+,36-,37+,38+,39-/m0/s1. The molecule has 1 heterocycles. The Morgan fingerprint density at radius 2 is 1.67 bits per heavy atom. The zero-order chi connectivity index (χ0) is 29.9. The van der Waals surface area contributed by atoms with Crippen LogP contribution >= 0.6 is 0 Å². The molecule has 7 rings (SSSR count). The Kier molecular flexibility index (Phi) is 6.18. The van der Waals surface area contributed by atoms with Crippen molar-refractivity contribution < 1.29 is 14.3 Å². The van der Waals surface area contributed by atoms with Gasteiger partial charge in [-0.3, -0.25) is 4.79 Å². The normalized spacial score (nSPS) is 43.3. The molecule has 3 nitrogen and oxygen atoms in total. The monoisotopic (exact) mass is 568 g/mol. The number of furan rings is 1. The molecule has 4 fully saturated rings. The summed E-state index contributed by atoms with van der Waals surface area (Å²) in [6.45, 7) is 19.4. The first-order chi connectivity index (χ1) is 19.8. The molecule has 1 aromatic carbocycles. The van der Waals surface area contributed by atoms with Gasteiger partial charge in [-0.25, -0.2) is 0 Å². The van der Waals surface area contributed by atoms with E-state index in [1.807, 2.05) is 0 Å². The van der Waals surface area contributed by atoms with Gasteiger partial charge in [0.05, 0.1) is 5.41 Å². The lowest BCUT2D eigenvalue weighted by atomic mass is 9.32. The van der Waals surface area contributed by atoms with Crippen molar-refractivity contribution >= 4 is 5.97 Å². The quantitative estimate of drug-likeness (QED) is 0.374. The van der Waals surface area contributed by atoms with E-state index in [2.05, 4.69) is 84.5 Å². The molecular weight excluding hydrogens is 516 g/mol. The maximum atomic E-state index is 13.0. The summed E-state index contributed by atoms with van der Waals surface area (Å²) >= 11 is 0. The largest absolute Gasteiger partial charge is 0.481 e. The molecule has 5 aliphatic rings. The second-order valence-electron chi connectivity index (χ2n) is 16.8. The van der Waals surface area contributed by atoms with E-state index < -0.39 is 11.4 Å². The van der Waals surface area contributed by atoms with E-state index >= 15 is 0 Å². The Bertz CT molecular complexity index is 1420. The maximum Gasteiger partial charge on any atom is 0.309 e. The molecule has 5 aliphatic carbocycles. The Balaban J connectivity index is 1.26. The van der Waals surface area contributed by atoms with Crippen molar-refractivity contribution in [1.29, 1.82) is 0 Å². The third-order valence-electron chi connectivity index (χ3n) is 14.9. The summed E-state index contributed by atoms with van der Waals surface area (Å²) in [5.74, 6) is 4.07. The van der Waals surface area contributed by atoms with Crippen LogP contribution < -0.4 is 0 Å². The molecule has 2 aromatic rings. The Labute approximate surface area is 253 Å². The van der Waals surface area contributed by atoms with Crippen LogP contribution in [0.1, 0.15) is 116 Å². The fourth-order valence-corrected chi connectivity index (χ4v) is 12.9. The molecule has 42 heavy (non-hydrogen) atoms.